The minimum atomic E-state index is 1.10. The summed E-state index contributed by atoms with van der Waals surface area (Å²) in [4.78, 5) is 0. The first-order valence-corrected chi connectivity index (χ1v) is 7.52. The third-order valence-corrected chi connectivity index (χ3v) is 2.98. The second-order valence-electron chi connectivity index (χ2n) is 4.76. The first kappa shape index (κ1) is 16.5. The highest BCUT2D eigenvalue weighted by Crippen LogP contribution is 2.07. The van der Waals surface area contributed by atoms with Gasteiger partial charge in [-0.25, -0.2) is 0 Å². The van der Waals surface area contributed by atoms with Gasteiger partial charge in [0, 0.05) is 0 Å². The van der Waals surface area contributed by atoms with E-state index in [4.69, 9.17) is 0 Å². The van der Waals surface area contributed by atoms with Crippen molar-refractivity contribution in [2.24, 2.45) is 0 Å². The summed E-state index contributed by atoms with van der Waals surface area (Å²) in [6.07, 6.45) is 23.4. The average molecular weight is 235 g/mol. The van der Waals surface area contributed by atoms with Crippen LogP contribution < -0.4 is 0 Å². The monoisotopic (exact) mass is 235 g/mol. The molecule has 0 rings (SSSR count). The van der Waals surface area contributed by atoms with Crippen molar-refractivity contribution in [2.45, 2.75) is 77.6 Å². The molecule has 0 spiro atoms. The molecule has 0 unspecified atom stereocenters. The van der Waals surface area contributed by atoms with E-state index in [0.29, 0.717) is 0 Å². The second kappa shape index (κ2) is 15.5. The van der Waals surface area contributed by atoms with Gasteiger partial charge >= 0.3 is 0 Å². The Balaban J connectivity index is 3.13. The van der Waals surface area contributed by atoms with Crippen LogP contribution in [-0.2, 0) is 0 Å². The molecule has 17 heavy (non-hydrogen) atoms. The van der Waals surface area contributed by atoms with Crippen LogP contribution in [0.3, 0.4) is 0 Å². The lowest BCUT2D eigenvalue weighted by Gasteiger charge is -1.97. The van der Waals surface area contributed by atoms with E-state index < -0.39 is 0 Å². The number of unbranched alkanes of at least 4 members (excludes halogenated alkanes) is 9. The van der Waals surface area contributed by atoms with Crippen molar-refractivity contribution in [3.05, 3.63) is 31.2 Å². The molecular weight excluding hydrogens is 204 g/mol. The van der Waals surface area contributed by atoms with Gasteiger partial charge in [0.1, 0.15) is 0 Å². The van der Waals surface area contributed by atoms with Crippen LogP contribution in [0.4, 0.5) is 0 Å². The van der Waals surface area contributed by atoms with Gasteiger partial charge in [-0.3, -0.25) is 0 Å². The minimum absolute atomic E-state index is 1.10. The Labute approximate surface area is 109 Å². The second-order valence-corrected chi connectivity index (χ2v) is 4.76. The molecule has 0 aliphatic rings. The van der Waals surface area contributed by atoms with E-state index in [1.165, 1.54) is 64.2 Å². The Morgan fingerprint density at radius 2 is 1.24 bits per heavy atom. The van der Waals surface area contributed by atoms with Crippen LogP contribution in [-0.4, -0.2) is 0 Å². The highest BCUT2D eigenvalue weighted by Gasteiger charge is 1.87. The van der Waals surface area contributed by atoms with Gasteiger partial charge in [0.15, 0.2) is 0 Å². The summed E-state index contributed by atoms with van der Waals surface area (Å²) in [6, 6.07) is 0. The van der Waals surface area contributed by atoms with Gasteiger partial charge in [0.25, 0.3) is 0 Å². The quantitative estimate of drug-likeness (QED) is 0.277. The fourth-order valence-corrected chi connectivity index (χ4v) is 1.83. The summed E-state index contributed by atoms with van der Waals surface area (Å²) in [7, 11) is 0. The molecule has 0 saturated carbocycles. The number of hydrogen-bond acceptors (Lipinski definition) is 0. The van der Waals surface area contributed by atoms with E-state index >= 15 is 0 Å². The van der Waals surface area contributed by atoms with Gasteiger partial charge in [-0.15, -0.1) is 0 Å². The predicted octanol–water partition coefficient (Wildman–Crippen LogP) is 6.24. The molecule has 0 aromatic carbocycles. The number of hydrogen-bond donors (Lipinski definition) is 0. The van der Waals surface area contributed by atoms with Crippen LogP contribution in [0.2, 0.25) is 0 Å². The van der Waals surface area contributed by atoms with Crippen molar-refractivity contribution >= 4 is 0 Å². The normalized spacial score (nSPS) is 11.9. The largest absolute Gasteiger partial charge is 0.0845 e. The van der Waals surface area contributed by atoms with E-state index in [2.05, 4.69) is 38.2 Å². The van der Waals surface area contributed by atoms with Gasteiger partial charge in [-0.2, -0.15) is 0 Å². The Hall–Kier alpha value is -0.520. The van der Waals surface area contributed by atoms with Gasteiger partial charge in [0.05, 0.1) is 0 Å². The van der Waals surface area contributed by atoms with Gasteiger partial charge in [0.2, 0.25) is 0 Å². The zero-order valence-corrected chi connectivity index (χ0v) is 11.8. The maximum atomic E-state index is 3.86. The third-order valence-electron chi connectivity index (χ3n) is 2.98. The first-order chi connectivity index (χ1) is 8.41. The molecule has 0 bridgehead atoms. The molecule has 0 atom stereocenters. The van der Waals surface area contributed by atoms with E-state index in [1.807, 2.05) is 0 Å². The summed E-state index contributed by atoms with van der Waals surface area (Å²) in [5, 5.41) is 0. The highest BCUT2D eigenvalue weighted by atomic mass is 13.9. The van der Waals surface area contributed by atoms with Crippen molar-refractivity contribution in [1.29, 1.82) is 0 Å². The minimum Gasteiger partial charge on any atom is -0.0845 e. The van der Waals surface area contributed by atoms with E-state index in [1.54, 1.807) is 0 Å². The van der Waals surface area contributed by atoms with Gasteiger partial charge < -0.3 is 0 Å². The van der Waals surface area contributed by atoms with Gasteiger partial charge in [-0.1, -0.05) is 83.1 Å². The lowest BCUT2D eigenvalue weighted by molar-refractivity contribution is 0.621. The van der Waals surface area contributed by atoms with E-state index in [-0.39, 0.29) is 0 Å². The summed E-state index contributed by atoms with van der Waals surface area (Å²) in [6.45, 7) is 6.11. The van der Waals surface area contributed by atoms with Crippen molar-refractivity contribution in [2.75, 3.05) is 0 Å². The molecule has 99 valence electrons. The predicted molar refractivity (Wildman–Crippen MR) is 80.1 cm³/mol. The molecule has 0 heteroatoms. The molecule has 0 fully saturated rings. The van der Waals surface area contributed by atoms with Crippen LogP contribution in [0.15, 0.2) is 24.3 Å². The molecule has 0 aromatic rings. The molecular formula is C17H31. The fraction of sp³-hybridized carbons (Fsp3) is 0.706. The Morgan fingerprint density at radius 3 is 1.82 bits per heavy atom. The maximum absolute atomic E-state index is 3.86. The zero-order valence-electron chi connectivity index (χ0n) is 11.8. The maximum Gasteiger partial charge on any atom is -0.0348 e. The van der Waals surface area contributed by atoms with Crippen LogP contribution >= 0.6 is 0 Å². The molecule has 0 aliphatic carbocycles. The standard InChI is InChI=1S/C17H31/c1-3-5-7-9-11-13-15-17-16-14-12-10-8-6-4-2/h12,14,16-17H,1,3-11,13,15H2,2H3. The summed E-state index contributed by atoms with van der Waals surface area (Å²) >= 11 is 0. The first-order valence-electron chi connectivity index (χ1n) is 7.52. The third kappa shape index (κ3) is 15.5. The smallest absolute Gasteiger partial charge is 0.0348 e. The highest BCUT2D eigenvalue weighted by molar-refractivity contribution is 5.02. The summed E-state index contributed by atoms with van der Waals surface area (Å²) < 4.78 is 0. The molecule has 0 N–H and O–H groups in total. The summed E-state index contributed by atoms with van der Waals surface area (Å²) in [5.41, 5.74) is 0. The lowest BCUT2D eigenvalue weighted by Crippen LogP contribution is -1.77. The zero-order chi connectivity index (χ0) is 12.6. The van der Waals surface area contributed by atoms with Crippen LogP contribution in [0.1, 0.15) is 77.6 Å². The van der Waals surface area contributed by atoms with E-state index in [9.17, 15) is 0 Å². The number of allylic oxidation sites excluding steroid dienone is 4. The topological polar surface area (TPSA) is 0 Å². The molecule has 0 heterocycles. The number of rotatable bonds is 12. The van der Waals surface area contributed by atoms with Crippen molar-refractivity contribution in [3.8, 4) is 0 Å². The molecule has 0 amide bonds. The Kier molecular flexibility index (Phi) is 15.0. The molecule has 0 aliphatic heterocycles. The molecule has 0 aromatic heterocycles. The van der Waals surface area contributed by atoms with Crippen LogP contribution in [0.5, 0.6) is 0 Å². The average Bonchev–Trinajstić information content (AvgIpc) is 2.35. The fourth-order valence-electron chi connectivity index (χ4n) is 1.83. The van der Waals surface area contributed by atoms with Gasteiger partial charge in [-0.05, 0) is 25.7 Å². The molecule has 0 saturated heterocycles. The SMILES string of the molecule is [CH2]CCCCCCCC=CC=CCCCCC. The Morgan fingerprint density at radius 1 is 0.706 bits per heavy atom. The van der Waals surface area contributed by atoms with Crippen LogP contribution in [0, 0.1) is 6.92 Å². The molecule has 1 radical (unpaired) electrons. The molecule has 0 nitrogen and oxygen atoms in total. The van der Waals surface area contributed by atoms with Crippen molar-refractivity contribution in [1.82, 2.24) is 0 Å². The Bertz CT molecular complexity index is 176. The lowest BCUT2D eigenvalue weighted by atomic mass is 10.1. The van der Waals surface area contributed by atoms with Crippen molar-refractivity contribution in [3.63, 3.8) is 0 Å². The van der Waals surface area contributed by atoms with Crippen LogP contribution in [0.25, 0.3) is 0 Å². The summed E-state index contributed by atoms with van der Waals surface area (Å²) in [5.74, 6) is 0. The van der Waals surface area contributed by atoms with E-state index in [0.717, 1.165) is 6.42 Å². The van der Waals surface area contributed by atoms with Crippen molar-refractivity contribution < 1.29 is 0 Å².